The molecular formula is C48H78O15. The Morgan fingerprint density at radius 3 is 1.63 bits per heavy atom. The first-order chi connectivity index (χ1) is 30.5. The number of esters is 2. The molecule has 11 unspecified atom stereocenters. The first kappa shape index (κ1) is 56.1. The Kier molecular flexibility index (Phi) is 31.4. The Morgan fingerprint density at radius 1 is 0.524 bits per heavy atom. The second-order valence-corrected chi connectivity index (χ2v) is 15.8. The van der Waals surface area contributed by atoms with Crippen LogP contribution in [-0.2, 0) is 38.0 Å². The summed E-state index contributed by atoms with van der Waals surface area (Å²) in [6.07, 6.45) is 22.5. The molecule has 7 N–H and O–H groups in total. The van der Waals surface area contributed by atoms with E-state index in [2.05, 4.69) is 68.5 Å². The van der Waals surface area contributed by atoms with Crippen molar-refractivity contribution in [2.75, 3.05) is 26.4 Å². The summed E-state index contributed by atoms with van der Waals surface area (Å²) in [5.74, 6) is -1.05. The Morgan fingerprint density at radius 2 is 1.03 bits per heavy atom. The highest BCUT2D eigenvalue weighted by Crippen LogP contribution is 2.26. The van der Waals surface area contributed by atoms with Gasteiger partial charge in [-0.15, -0.1) is 0 Å². The fraction of sp³-hybridized carbons (Fsp3) is 0.708. The van der Waals surface area contributed by atoms with Gasteiger partial charge in [-0.1, -0.05) is 119 Å². The van der Waals surface area contributed by atoms with Crippen LogP contribution in [0.15, 0.2) is 72.9 Å². The molecule has 2 aliphatic rings. The highest BCUT2D eigenvalue weighted by Gasteiger charge is 2.47. The van der Waals surface area contributed by atoms with Crippen LogP contribution in [0.25, 0.3) is 0 Å². The number of aliphatic hydroxyl groups excluding tert-OH is 7. The molecule has 360 valence electrons. The fourth-order valence-corrected chi connectivity index (χ4v) is 6.60. The molecule has 0 bridgehead atoms. The van der Waals surface area contributed by atoms with Crippen LogP contribution in [0.4, 0.5) is 0 Å². The molecule has 2 heterocycles. The number of hydrogen-bond acceptors (Lipinski definition) is 15. The summed E-state index contributed by atoms with van der Waals surface area (Å²) in [6, 6.07) is 0. The first-order valence-electron chi connectivity index (χ1n) is 23.0. The normalized spacial score (nSPS) is 27.5. The van der Waals surface area contributed by atoms with Gasteiger partial charge >= 0.3 is 11.9 Å². The minimum absolute atomic E-state index is 0.0371. The van der Waals surface area contributed by atoms with Crippen LogP contribution in [0, 0.1) is 0 Å². The van der Waals surface area contributed by atoms with Crippen molar-refractivity contribution in [3.05, 3.63) is 72.9 Å². The predicted molar refractivity (Wildman–Crippen MR) is 238 cm³/mol. The van der Waals surface area contributed by atoms with E-state index in [-0.39, 0.29) is 19.4 Å². The lowest BCUT2D eigenvalue weighted by molar-refractivity contribution is -0.332. The van der Waals surface area contributed by atoms with Gasteiger partial charge in [0.15, 0.2) is 18.7 Å². The molecule has 0 spiro atoms. The molecule has 2 rings (SSSR count). The molecule has 0 aromatic carbocycles. The lowest BCUT2D eigenvalue weighted by atomic mass is 9.98. The van der Waals surface area contributed by atoms with E-state index in [0.29, 0.717) is 19.3 Å². The van der Waals surface area contributed by atoms with Gasteiger partial charge in [-0.3, -0.25) is 9.59 Å². The smallest absolute Gasteiger partial charge is 0.306 e. The van der Waals surface area contributed by atoms with Crippen molar-refractivity contribution < 1.29 is 73.8 Å². The molecule has 2 aliphatic heterocycles. The molecule has 0 aliphatic carbocycles. The number of aliphatic hydroxyl groups is 7. The van der Waals surface area contributed by atoms with Crippen molar-refractivity contribution >= 4 is 11.9 Å². The molecule has 0 amide bonds. The van der Waals surface area contributed by atoms with Gasteiger partial charge in [0.05, 0.1) is 19.8 Å². The van der Waals surface area contributed by atoms with E-state index < -0.39 is 99.3 Å². The van der Waals surface area contributed by atoms with Crippen molar-refractivity contribution in [1.29, 1.82) is 0 Å². The lowest BCUT2D eigenvalue weighted by Gasteiger charge is -2.42. The first-order valence-corrected chi connectivity index (χ1v) is 23.0. The molecule has 63 heavy (non-hydrogen) atoms. The fourth-order valence-electron chi connectivity index (χ4n) is 6.60. The number of carbonyl (C=O) groups excluding carboxylic acids is 2. The van der Waals surface area contributed by atoms with Gasteiger partial charge in [0, 0.05) is 12.8 Å². The van der Waals surface area contributed by atoms with Crippen molar-refractivity contribution in [1.82, 2.24) is 0 Å². The molecule has 0 radical (unpaired) electrons. The van der Waals surface area contributed by atoms with Gasteiger partial charge in [0.25, 0.3) is 0 Å². The number of unbranched alkanes of at least 4 members (excludes halogenated alkanes) is 7. The van der Waals surface area contributed by atoms with Gasteiger partial charge in [-0.2, -0.15) is 0 Å². The van der Waals surface area contributed by atoms with E-state index >= 15 is 0 Å². The van der Waals surface area contributed by atoms with Gasteiger partial charge in [-0.05, 0) is 64.2 Å². The van der Waals surface area contributed by atoms with Crippen molar-refractivity contribution in [3.63, 3.8) is 0 Å². The standard InChI is InChI=1S/C48H78O15/c1-3-5-7-9-11-13-15-17-19-20-22-24-26-28-30-39(50)58-33-36(61-40(51)31-29-27-25-23-21-18-16-14-12-10-8-6-4-2)34-59-47-46(57)44(55)42(53)38(63-47)35-60-48-45(56)43(54)41(52)37(32-49)62-48/h6,8-9,11-12,14-15,17-18,21,25,27,36-38,41-49,52-57H,3-5,7,10,13,16,19-20,22-24,26,28-35H2,1-2H3/b8-6-,11-9-,14-12-,17-15-,21-18-,27-25-. The van der Waals surface area contributed by atoms with Crippen LogP contribution in [0.2, 0.25) is 0 Å². The van der Waals surface area contributed by atoms with Crippen LogP contribution < -0.4 is 0 Å². The summed E-state index contributed by atoms with van der Waals surface area (Å²) >= 11 is 0. The molecule has 0 aromatic rings. The molecule has 2 fully saturated rings. The summed E-state index contributed by atoms with van der Waals surface area (Å²) < 4.78 is 33.3. The molecule has 0 saturated carbocycles. The monoisotopic (exact) mass is 895 g/mol. The third kappa shape index (κ3) is 24.2. The molecule has 0 aromatic heterocycles. The Balaban J connectivity index is 1.89. The van der Waals surface area contributed by atoms with Crippen LogP contribution in [0.1, 0.15) is 123 Å². The maximum absolute atomic E-state index is 12.9. The van der Waals surface area contributed by atoms with Crippen molar-refractivity contribution in [3.8, 4) is 0 Å². The van der Waals surface area contributed by atoms with Gasteiger partial charge < -0.3 is 64.2 Å². The molecule has 15 nitrogen and oxygen atoms in total. The number of rotatable bonds is 33. The third-order valence-electron chi connectivity index (χ3n) is 10.4. The summed E-state index contributed by atoms with van der Waals surface area (Å²) in [6.45, 7) is 2.30. The van der Waals surface area contributed by atoms with E-state index in [0.717, 1.165) is 64.2 Å². The maximum Gasteiger partial charge on any atom is 0.306 e. The number of allylic oxidation sites excluding steroid dienone is 12. The average Bonchev–Trinajstić information content (AvgIpc) is 3.28. The van der Waals surface area contributed by atoms with Crippen LogP contribution in [-0.4, -0.2) is 142 Å². The van der Waals surface area contributed by atoms with Crippen LogP contribution >= 0.6 is 0 Å². The molecule has 15 heteroatoms. The minimum Gasteiger partial charge on any atom is -0.462 e. The summed E-state index contributed by atoms with van der Waals surface area (Å²) in [4.78, 5) is 25.6. The molecule has 11 atom stereocenters. The zero-order chi connectivity index (χ0) is 46.1. The van der Waals surface area contributed by atoms with Crippen LogP contribution in [0.3, 0.4) is 0 Å². The lowest BCUT2D eigenvalue weighted by Crippen LogP contribution is -2.61. The Bertz CT molecular complexity index is 1380. The zero-order valence-electron chi connectivity index (χ0n) is 37.5. The van der Waals surface area contributed by atoms with Gasteiger partial charge in [0.1, 0.15) is 55.4 Å². The quantitative estimate of drug-likeness (QED) is 0.0259. The summed E-state index contributed by atoms with van der Waals surface area (Å²) in [5, 5.41) is 71.9. The predicted octanol–water partition coefficient (Wildman–Crippen LogP) is 5.09. The molecular weight excluding hydrogens is 817 g/mol. The molecule has 2 saturated heterocycles. The SMILES string of the molecule is CC/C=C\C/C=C\C/C=C\C/C=C\CCC(=O)OC(COC(=O)CCCCCCC/C=C\C/C=C\CCCC)COC1OC(COC2OC(CO)C(O)C(O)C2O)C(O)C(O)C1O. The maximum atomic E-state index is 12.9. The highest BCUT2D eigenvalue weighted by atomic mass is 16.7. The van der Waals surface area contributed by atoms with E-state index in [1.807, 2.05) is 18.2 Å². The number of ether oxygens (including phenoxy) is 6. The summed E-state index contributed by atoms with van der Waals surface area (Å²) in [7, 11) is 0. The van der Waals surface area contributed by atoms with Gasteiger partial charge in [0.2, 0.25) is 0 Å². The Hall–Kier alpha value is -3.06. The van der Waals surface area contributed by atoms with Crippen LogP contribution in [0.5, 0.6) is 0 Å². The third-order valence-corrected chi connectivity index (χ3v) is 10.4. The van der Waals surface area contributed by atoms with Crippen molar-refractivity contribution in [2.24, 2.45) is 0 Å². The van der Waals surface area contributed by atoms with E-state index in [1.54, 1.807) is 0 Å². The second-order valence-electron chi connectivity index (χ2n) is 15.8. The van der Waals surface area contributed by atoms with E-state index in [1.165, 1.54) is 12.8 Å². The second kappa shape index (κ2) is 35.2. The van der Waals surface area contributed by atoms with Gasteiger partial charge in [-0.25, -0.2) is 0 Å². The van der Waals surface area contributed by atoms with Crippen molar-refractivity contribution in [2.45, 2.75) is 191 Å². The number of carbonyl (C=O) groups is 2. The van der Waals surface area contributed by atoms with E-state index in [9.17, 15) is 45.3 Å². The largest absolute Gasteiger partial charge is 0.462 e. The average molecular weight is 895 g/mol. The minimum atomic E-state index is -1.78. The zero-order valence-corrected chi connectivity index (χ0v) is 37.5. The Labute approximate surface area is 374 Å². The number of hydrogen-bond donors (Lipinski definition) is 7. The van der Waals surface area contributed by atoms with E-state index in [4.69, 9.17) is 28.4 Å². The highest BCUT2D eigenvalue weighted by molar-refractivity contribution is 5.70. The summed E-state index contributed by atoms with van der Waals surface area (Å²) in [5.41, 5.74) is 0. The topological polar surface area (TPSA) is 231 Å².